The first kappa shape index (κ1) is 21.6. The number of piperazine rings is 1. The summed E-state index contributed by atoms with van der Waals surface area (Å²) in [6.07, 6.45) is 7.74. The first-order valence-electron chi connectivity index (χ1n) is 11.5. The molecule has 2 saturated heterocycles. The Morgan fingerprint density at radius 1 is 0.857 bits per heavy atom. The van der Waals surface area contributed by atoms with Crippen LogP contribution in [0.1, 0.15) is 52.4 Å². The molecule has 0 aromatic heterocycles. The number of hydrogen-bond donors (Lipinski definition) is 1. The van der Waals surface area contributed by atoms with Gasteiger partial charge in [-0.3, -0.25) is 19.4 Å². The molecule has 0 bridgehead atoms. The maximum atomic E-state index is 12.7. The SMILES string of the molecule is C[C@@H]1C[C@@H](C)CN(C(=O)CN2CCN(CC(=O)NCC3CCCCC3)CC2)C1. The van der Waals surface area contributed by atoms with E-state index in [9.17, 15) is 9.59 Å². The minimum Gasteiger partial charge on any atom is -0.355 e. The molecule has 2 atom stereocenters. The van der Waals surface area contributed by atoms with Crippen molar-refractivity contribution in [2.24, 2.45) is 17.8 Å². The van der Waals surface area contributed by atoms with Gasteiger partial charge in [-0.1, -0.05) is 33.1 Å². The molecule has 28 heavy (non-hydrogen) atoms. The average Bonchev–Trinajstić information content (AvgIpc) is 2.68. The van der Waals surface area contributed by atoms with Crippen LogP contribution in [-0.4, -0.2) is 85.4 Å². The molecule has 160 valence electrons. The molecule has 0 aromatic carbocycles. The van der Waals surface area contributed by atoms with E-state index in [1.54, 1.807) is 0 Å². The zero-order valence-corrected chi connectivity index (χ0v) is 18.0. The van der Waals surface area contributed by atoms with Crippen LogP contribution in [0.3, 0.4) is 0 Å². The third-order valence-corrected chi connectivity index (χ3v) is 6.73. The molecule has 0 unspecified atom stereocenters. The Hall–Kier alpha value is -1.14. The van der Waals surface area contributed by atoms with E-state index in [0.717, 1.165) is 45.8 Å². The van der Waals surface area contributed by atoms with Gasteiger partial charge in [-0.05, 0) is 37.0 Å². The van der Waals surface area contributed by atoms with E-state index in [0.29, 0.717) is 30.8 Å². The van der Waals surface area contributed by atoms with Crippen LogP contribution in [0.4, 0.5) is 0 Å². The number of likely N-dealkylation sites (tertiary alicyclic amines) is 1. The Morgan fingerprint density at radius 2 is 1.43 bits per heavy atom. The normalized spacial score (nSPS) is 28.3. The minimum absolute atomic E-state index is 0.159. The molecule has 2 aliphatic heterocycles. The summed E-state index contributed by atoms with van der Waals surface area (Å²) in [5.41, 5.74) is 0. The molecule has 1 aliphatic carbocycles. The molecular weight excluding hydrogens is 352 g/mol. The summed E-state index contributed by atoms with van der Waals surface area (Å²) >= 11 is 0. The van der Waals surface area contributed by atoms with Crippen molar-refractivity contribution in [1.29, 1.82) is 0 Å². The number of rotatable bonds is 6. The van der Waals surface area contributed by atoms with Crippen LogP contribution >= 0.6 is 0 Å². The molecule has 0 spiro atoms. The summed E-state index contributed by atoms with van der Waals surface area (Å²) < 4.78 is 0. The molecule has 1 N–H and O–H groups in total. The molecule has 1 saturated carbocycles. The van der Waals surface area contributed by atoms with E-state index in [1.807, 2.05) is 0 Å². The maximum absolute atomic E-state index is 12.7. The highest BCUT2D eigenvalue weighted by Crippen LogP contribution is 2.23. The van der Waals surface area contributed by atoms with Gasteiger partial charge >= 0.3 is 0 Å². The van der Waals surface area contributed by atoms with Gasteiger partial charge in [-0.15, -0.1) is 0 Å². The predicted molar refractivity (Wildman–Crippen MR) is 112 cm³/mol. The second kappa shape index (κ2) is 10.6. The fourth-order valence-electron chi connectivity index (χ4n) is 5.17. The summed E-state index contributed by atoms with van der Waals surface area (Å²) in [4.78, 5) is 31.4. The molecule has 3 rings (SSSR count). The van der Waals surface area contributed by atoms with Gasteiger partial charge in [0.05, 0.1) is 13.1 Å². The highest BCUT2D eigenvalue weighted by Gasteiger charge is 2.27. The van der Waals surface area contributed by atoms with E-state index in [4.69, 9.17) is 0 Å². The number of hydrogen-bond acceptors (Lipinski definition) is 4. The molecule has 0 aromatic rings. The van der Waals surface area contributed by atoms with Crippen molar-refractivity contribution < 1.29 is 9.59 Å². The number of carbonyl (C=O) groups excluding carboxylic acids is 2. The number of nitrogens with zero attached hydrogens (tertiary/aromatic N) is 3. The molecule has 2 heterocycles. The highest BCUT2D eigenvalue weighted by atomic mass is 16.2. The second-order valence-corrected chi connectivity index (χ2v) is 9.61. The third kappa shape index (κ3) is 6.73. The fraction of sp³-hybridized carbons (Fsp3) is 0.909. The standard InChI is InChI=1S/C22H40N4O2/c1-18-12-19(2)15-26(14-18)22(28)17-25-10-8-24(9-11-25)16-21(27)23-13-20-6-4-3-5-7-20/h18-20H,3-17H2,1-2H3,(H,23,27)/t18-,19-/m1/s1. The molecule has 3 fully saturated rings. The van der Waals surface area contributed by atoms with Crippen LogP contribution in [0.5, 0.6) is 0 Å². The number of amides is 2. The first-order chi connectivity index (χ1) is 13.5. The summed E-state index contributed by atoms with van der Waals surface area (Å²) in [7, 11) is 0. The van der Waals surface area contributed by atoms with Crippen molar-refractivity contribution >= 4 is 11.8 Å². The predicted octanol–water partition coefficient (Wildman–Crippen LogP) is 1.81. The zero-order chi connectivity index (χ0) is 19.9. The minimum atomic E-state index is 0.159. The lowest BCUT2D eigenvalue weighted by Crippen LogP contribution is -2.53. The number of piperidine rings is 1. The Labute approximate surface area is 171 Å². The lowest BCUT2D eigenvalue weighted by atomic mass is 9.89. The second-order valence-electron chi connectivity index (χ2n) is 9.61. The van der Waals surface area contributed by atoms with E-state index in [1.165, 1.54) is 38.5 Å². The number of carbonyl (C=O) groups is 2. The Morgan fingerprint density at radius 3 is 2.04 bits per heavy atom. The van der Waals surface area contributed by atoms with Gasteiger partial charge in [-0.25, -0.2) is 0 Å². The van der Waals surface area contributed by atoms with Gasteiger partial charge in [0, 0.05) is 45.8 Å². The van der Waals surface area contributed by atoms with Crippen LogP contribution in [0.2, 0.25) is 0 Å². The summed E-state index contributed by atoms with van der Waals surface area (Å²) in [5, 5.41) is 3.14. The quantitative estimate of drug-likeness (QED) is 0.749. The highest BCUT2D eigenvalue weighted by molar-refractivity contribution is 5.78. The Balaban J connectivity index is 1.31. The topological polar surface area (TPSA) is 55.9 Å². The largest absolute Gasteiger partial charge is 0.355 e. The van der Waals surface area contributed by atoms with Gasteiger partial charge in [-0.2, -0.15) is 0 Å². The molecule has 0 radical (unpaired) electrons. The third-order valence-electron chi connectivity index (χ3n) is 6.73. The van der Waals surface area contributed by atoms with Gasteiger partial charge in [0.15, 0.2) is 0 Å². The molecule has 3 aliphatic rings. The van der Waals surface area contributed by atoms with Crippen LogP contribution in [0, 0.1) is 17.8 Å². The van der Waals surface area contributed by atoms with Crippen molar-refractivity contribution in [3.05, 3.63) is 0 Å². The smallest absolute Gasteiger partial charge is 0.236 e. The van der Waals surface area contributed by atoms with Gasteiger partial charge in [0.25, 0.3) is 0 Å². The Kier molecular flexibility index (Phi) is 8.15. The van der Waals surface area contributed by atoms with Crippen molar-refractivity contribution in [3.8, 4) is 0 Å². The lowest BCUT2D eigenvalue weighted by molar-refractivity contribution is -0.135. The first-order valence-corrected chi connectivity index (χ1v) is 11.5. The van der Waals surface area contributed by atoms with E-state index in [-0.39, 0.29) is 11.8 Å². The van der Waals surface area contributed by atoms with Gasteiger partial charge in [0.2, 0.25) is 11.8 Å². The molecule has 2 amide bonds. The van der Waals surface area contributed by atoms with Crippen molar-refractivity contribution in [3.63, 3.8) is 0 Å². The summed E-state index contributed by atoms with van der Waals surface area (Å²) in [5.74, 6) is 2.33. The van der Waals surface area contributed by atoms with E-state index >= 15 is 0 Å². The van der Waals surface area contributed by atoms with E-state index < -0.39 is 0 Å². The van der Waals surface area contributed by atoms with Crippen LogP contribution < -0.4 is 5.32 Å². The van der Waals surface area contributed by atoms with Gasteiger partial charge < -0.3 is 10.2 Å². The average molecular weight is 393 g/mol. The van der Waals surface area contributed by atoms with Crippen molar-refractivity contribution in [2.45, 2.75) is 52.4 Å². The number of nitrogens with one attached hydrogen (secondary N) is 1. The van der Waals surface area contributed by atoms with Gasteiger partial charge in [0.1, 0.15) is 0 Å². The van der Waals surface area contributed by atoms with Crippen LogP contribution in [0.25, 0.3) is 0 Å². The Bertz CT molecular complexity index is 503. The van der Waals surface area contributed by atoms with Crippen LogP contribution in [0.15, 0.2) is 0 Å². The monoisotopic (exact) mass is 392 g/mol. The van der Waals surface area contributed by atoms with Crippen LogP contribution in [-0.2, 0) is 9.59 Å². The summed E-state index contributed by atoms with van der Waals surface area (Å²) in [6, 6.07) is 0. The lowest BCUT2D eigenvalue weighted by Gasteiger charge is -2.38. The summed E-state index contributed by atoms with van der Waals surface area (Å²) in [6.45, 7) is 11.7. The molecule has 6 nitrogen and oxygen atoms in total. The van der Waals surface area contributed by atoms with Crippen molar-refractivity contribution in [1.82, 2.24) is 20.0 Å². The zero-order valence-electron chi connectivity index (χ0n) is 18.0. The molecular formula is C22H40N4O2. The van der Waals surface area contributed by atoms with E-state index in [2.05, 4.69) is 33.9 Å². The maximum Gasteiger partial charge on any atom is 0.236 e. The fourth-order valence-corrected chi connectivity index (χ4v) is 5.17. The van der Waals surface area contributed by atoms with Crippen molar-refractivity contribution in [2.75, 3.05) is 58.9 Å². The molecule has 6 heteroatoms.